The minimum atomic E-state index is -3.58. The first kappa shape index (κ1) is 24.8. The standard InChI is InChI=1S/C21H15ClN4O6S2/c1-31-17-10-12(7-8-16(17)32-19(28)14-5-3-4-6-15(14)22)9-13(11-23)18(27)24-20-25-26-21(33-20)34(2,29)30/h3-10H,1-2H3,(H,24,25,27)/b13-9-. The number of esters is 1. The Hall–Kier alpha value is -3.79. The minimum Gasteiger partial charge on any atom is -0.493 e. The van der Waals surface area contributed by atoms with E-state index in [0.29, 0.717) is 16.9 Å². The van der Waals surface area contributed by atoms with Crippen LogP contribution in [-0.4, -0.2) is 43.9 Å². The highest BCUT2D eigenvalue weighted by atomic mass is 35.5. The van der Waals surface area contributed by atoms with E-state index in [1.54, 1.807) is 24.3 Å². The molecule has 0 unspecified atom stereocenters. The lowest BCUT2D eigenvalue weighted by atomic mass is 10.1. The van der Waals surface area contributed by atoms with Crippen LogP contribution in [-0.2, 0) is 14.6 Å². The summed E-state index contributed by atoms with van der Waals surface area (Å²) in [6.45, 7) is 0. The molecule has 0 atom stereocenters. The zero-order valence-corrected chi connectivity index (χ0v) is 20.0. The molecule has 0 aliphatic heterocycles. The summed E-state index contributed by atoms with van der Waals surface area (Å²) in [5.41, 5.74) is 0.281. The van der Waals surface area contributed by atoms with Gasteiger partial charge < -0.3 is 9.47 Å². The van der Waals surface area contributed by atoms with E-state index < -0.39 is 21.7 Å². The van der Waals surface area contributed by atoms with Crippen LogP contribution in [0.3, 0.4) is 0 Å². The molecule has 1 aromatic heterocycles. The summed E-state index contributed by atoms with van der Waals surface area (Å²) >= 11 is 6.68. The Kier molecular flexibility index (Phi) is 7.62. The van der Waals surface area contributed by atoms with Crippen LogP contribution in [0.1, 0.15) is 15.9 Å². The van der Waals surface area contributed by atoms with Gasteiger partial charge in [-0.25, -0.2) is 13.2 Å². The summed E-state index contributed by atoms with van der Waals surface area (Å²) in [6.07, 6.45) is 2.23. The van der Waals surface area contributed by atoms with E-state index >= 15 is 0 Å². The van der Waals surface area contributed by atoms with Gasteiger partial charge in [-0.1, -0.05) is 41.1 Å². The number of rotatable bonds is 7. The lowest BCUT2D eigenvalue weighted by molar-refractivity contribution is -0.112. The second kappa shape index (κ2) is 10.4. The van der Waals surface area contributed by atoms with E-state index in [0.717, 1.165) is 6.26 Å². The normalized spacial score (nSPS) is 11.4. The number of aromatic nitrogens is 2. The molecule has 2 aromatic carbocycles. The van der Waals surface area contributed by atoms with Crippen molar-refractivity contribution in [2.75, 3.05) is 18.7 Å². The number of sulfone groups is 1. The fourth-order valence-electron chi connectivity index (χ4n) is 2.53. The molecule has 3 rings (SSSR count). The molecule has 0 saturated carbocycles. The van der Waals surface area contributed by atoms with E-state index in [-0.39, 0.29) is 37.1 Å². The fraction of sp³-hybridized carbons (Fsp3) is 0.0952. The quantitative estimate of drug-likeness (QED) is 0.163. The summed E-state index contributed by atoms with van der Waals surface area (Å²) in [4.78, 5) is 24.9. The van der Waals surface area contributed by atoms with Crippen LogP contribution in [0.15, 0.2) is 52.4 Å². The number of halogens is 1. The van der Waals surface area contributed by atoms with Gasteiger partial charge in [0.1, 0.15) is 11.6 Å². The number of hydrogen-bond donors (Lipinski definition) is 1. The molecule has 174 valence electrons. The SMILES string of the molecule is COc1cc(/C=C(/C#N)C(=O)Nc2nnc(S(C)(=O)=O)s2)ccc1OC(=O)c1ccccc1Cl. The van der Waals surface area contributed by atoms with Crippen molar-refractivity contribution in [3.05, 3.63) is 64.2 Å². The first-order valence-electron chi connectivity index (χ1n) is 9.24. The number of benzene rings is 2. The third-order valence-corrected chi connectivity index (χ3v) is 6.94. The van der Waals surface area contributed by atoms with Crippen LogP contribution in [0.2, 0.25) is 5.02 Å². The first-order valence-corrected chi connectivity index (χ1v) is 12.3. The van der Waals surface area contributed by atoms with Crippen molar-refractivity contribution >= 4 is 55.9 Å². The molecule has 3 aromatic rings. The minimum absolute atomic E-state index is 0.0778. The summed E-state index contributed by atoms with van der Waals surface area (Å²) in [5.74, 6) is -1.22. The molecule has 1 N–H and O–H groups in total. The lowest BCUT2D eigenvalue weighted by Crippen LogP contribution is -2.13. The number of amides is 1. The average molecular weight is 519 g/mol. The molecular weight excluding hydrogens is 504 g/mol. The van der Waals surface area contributed by atoms with Gasteiger partial charge in [-0.05, 0) is 35.9 Å². The van der Waals surface area contributed by atoms with Gasteiger partial charge in [0.2, 0.25) is 19.3 Å². The first-order chi connectivity index (χ1) is 16.1. The third-order valence-electron chi connectivity index (χ3n) is 4.10. The van der Waals surface area contributed by atoms with Crippen LogP contribution in [0.5, 0.6) is 11.5 Å². The molecule has 0 aliphatic rings. The highest BCUT2D eigenvalue weighted by Crippen LogP contribution is 2.30. The molecule has 13 heteroatoms. The van der Waals surface area contributed by atoms with Gasteiger partial charge in [-0.3, -0.25) is 10.1 Å². The maximum absolute atomic E-state index is 12.4. The molecule has 0 fully saturated rings. The number of nitriles is 1. The monoisotopic (exact) mass is 518 g/mol. The van der Waals surface area contributed by atoms with Gasteiger partial charge >= 0.3 is 5.97 Å². The van der Waals surface area contributed by atoms with Gasteiger partial charge in [-0.15, -0.1) is 10.2 Å². The number of anilines is 1. The molecule has 0 aliphatic carbocycles. The average Bonchev–Trinajstić information content (AvgIpc) is 3.27. The third kappa shape index (κ3) is 5.96. The zero-order valence-electron chi connectivity index (χ0n) is 17.6. The Morgan fingerprint density at radius 3 is 2.53 bits per heavy atom. The van der Waals surface area contributed by atoms with Crippen molar-refractivity contribution in [2.45, 2.75) is 4.34 Å². The van der Waals surface area contributed by atoms with Crippen LogP contribution >= 0.6 is 22.9 Å². The van der Waals surface area contributed by atoms with E-state index in [9.17, 15) is 23.3 Å². The summed E-state index contributed by atoms with van der Waals surface area (Å²) in [7, 11) is -2.21. The maximum Gasteiger partial charge on any atom is 0.345 e. The molecule has 0 bridgehead atoms. The number of nitrogens with one attached hydrogen (secondary N) is 1. The molecule has 34 heavy (non-hydrogen) atoms. The van der Waals surface area contributed by atoms with Crippen molar-refractivity contribution in [1.29, 1.82) is 5.26 Å². The van der Waals surface area contributed by atoms with Gasteiger partial charge in [-0.2, -0.15) is 5.26 Å². The van der Waals surface area contributed by atoms with Crippen LogP contribution in [0.25, 0.3) is 6.08 Å². The largest absolute Gasteiger partial charge is 0.493 e. The van der Waals surface area contributed by atoms with Gasteiger partial charge in [0.15, 0.2) is 11.5 Å². The topological polar surface area (TPSA) is 148 Å². The number of hydrogen-bond acceptors (Lipinski definition) is 10. The second-order valence-corrected chi connectivity index (χ2v) is 10.1. The predicted octanol–water partition coefficient (Wildman–Crippen LogP) is 3.37. The number of carbonyl (C=O) groups excluding carboxylic acids is 2. The van der Waals surface area contributed by atoms with E-state index in [4.69, 9.17) is 21.1 Å². The Labute approximate surface area is 203 Å². The number of nitrogens with zero attached hydrogens (tertiary/aromatic N) is 3. The Morgan fingerprint density at radius 1 is 1.18 bits per heavy atom. The van der Waals surface area contributed by atoms with Crippen molar-refractivity contribution in [1.82, 2.24) is 10.2 Å². The van der Waals surface area contributed by atoms with Gasteiger partial charge in [0, 0.05) is 6.26 Å². The van der Waals surface area contributed by atoms with Gasteiger partial charge in [0.05, 0.1) is 17.7 Å². The molecule has 0 radical (unpaired) electrons. The highest BCUT2D eigenvalue weighted by Gasteiger charge is 2.18. The number of ether oxygens (including phenoxy) is 2. The molecule has 0 saturated heterocycles. The smallest absolute Gasteiger partial charge is 0.345 e. The van der Waals surface area contributed by atoms with Crippen molar-refractivity contribution in [2.24, 2.45) is 0 Å². The number of methoxy groups -OCH3 is 1. The highest BCUT2D eigenvalue weighted by molar-refractivity contribution is 7.92. The van der Waals surface area contributed by atoms with Crippen molar-refractivity contribution in [3.8, 4) is 17.6 Å². The molecular formula is C21H15ClN4O6S2. The molecule has 1 heterocycles. The maximum atomic E-state index is 12.4. The molecule has 10 nitrogen and oxygen atoms in total. The summed E-state index contributed by atoms with van der Waals surface area (Å²) < 4.78 is 33.4. The van der Waals surface area contributed by atoms with Crippen molar-refractivity contribution in [3.63, 3.8) is 0 Å². The Bertz CT molecular complexity index is 1440. The van der Waals surface area contributed by atoms with Crippen LogP contribution in [0, 0.1) is 11.3 Å². The van der Waals surface area contributed by atoms with E-state index in [2.05, 4.69) is 15.5 Å². The predicted molar refractivity (Wildman–Crippen MR) is 125 cm³/mol. The van der Waals surface area contributed by atoms with Crippen LogP contribution in [0.4, 0.5) is 5.13 Å². The molecule has 0 spiro atoms. The van der Waals surface area contributed by atoms with Crippen molar-refractivity contribution < 1.29 is 27.5 Å². The van der Waals surface area contributed by atoms with E-state index in [1.165, 1.54) is 37.5 Å². The molecule has 1 amide bonds. The number of carbonyl (C=O) groups is 2. The van der Waals surface area contributed by atoms with Crippen LogP contribution < -0.4 is 14.8 Å². The Morgan fingerprint density at radius 2 is 1.91 bits per heavy atom. The second-order valence-electron chi connectivity index (χ2n) is 6.55. The summed E-state index contributed by atoms with van der Waals surface area (Å²) in [6, 6.07) is 12.6. The van der Waals surface area contributed by atoms with E-state index in [1.807, 2.05) is 0 Å². The fourth-order valence-corrected chi connectivity index (χ4v) is 4.25. The summed E-state index contributed by atoms with van der Waals surface area (Å²) in [5, 5.41) is 19.0. The Balaban J connectivity index is 1.80. The lowest BCUT2D eigenvalue weighted by Gasteiger charge is -2.11. The zero-order chi connectivity index (χ0) is 24.9. The van der Waals surface area contributed by atoms with Gasteiger partial charge in [0.25, 0.3) is 5.91 Å².